The minimum Gasteiger partial charge on any atom is -0.310 e. The molecule has 0 radical (unpaired) electrons. The Morgan fingerprint density at radius 2 is 2.16 bits per heavy atom. The van der Waals surface area contributed by atoms with E-state index in [2.05, 4.69) is 36.2 Å². The van der Waals surface area contributed by atoms with Crippen LogP contribution in [-0.2, 0) is 13.1 Å². The molecule has 0 spiro atoms. The Balaban J connectivity index is 2.37. The molecule has 0 fully saturated rings. The molecule has 0 aliphatic carbocycles. The average Bonchev–Trinajstić information content (AvgIpc) is 2.76. The van der Waals surface area contributed by atoms with Gasteiger partial charge in [0.05, 0.1) is 6.54 Å². The number of rotatable bonds is 10. The number of aromatic nitrogens is 3. The minimum absolute atomic E-state index is 0.588. The van der Waals surface area contributed by atoms with E-state index in [0.717, 1.165) is 37.8 Å². The second-order valence-corrected chi connectivity index (χ2v) is 5.89. The van der Waals surface area contributed by atoms with Gasteiger partial charge in [0.15, 0.2) is 0 Å². The second kappa shape index (κ2) is 9.32. The van der Waals surface area contributed by atoms with Crippen LogP contribution in [-0.4, -0.2) is 27.2 Å². The third kappa shape index (κ3) is 6.39. The number of nitrogens with one attached hydrogen (secondary N) is 1. The van der Waals surface area contributed by atoms with Gasteiger partial charge in [-0.1, -0.05) is 27.2 Å². The summed E-state index contributed by atoms with van der Waals surface area (Å²) in [6.45, 7) is 9.33. The minimum atomic E-state index is 0.588. The Morgan fingerprint density at radius 1 is 1.37 bits per heavy atom. The topological polar surface area (TPSA) is 42.7 Å². The van der Waals surface area contributed by atoms with Crippen molar-refractivity contribution in [2.45, 2.75) is 53.1 Å². The van der Waals surface area contributed by atoms with Crippen LogP contribution in [0.1, 0.15) is 45.9 Å². The van der Waals surface area contributed by atoms with Gasteiger partial charge in [0.25, 0.3) is 0 Å². The van der Waals surface area contributed by atoms with E-state index >= 15 is 0 Å². The molecule has 0 amide bonds. The van der Waals surface area contributed by atoms with E-state index in [1.165, 1.54) is 12.8 Å². The predicted octanol–water partition coefficient (Wildman–Crippen LogP) is 3.07. The molecule has 1 unspecified atom stereocenters. The lowest BCUT2D eigenvalue weighted by molar-refractivity contribution is 0.414. The highest BCUT2D eigenvalue weighted by Crippen LogP contribution is 2.11. The molecule has 0 aliphatic rings. The summed E-state index contributed by atoms with van der Waals surface area (Å²) >= 11 is 5.84. The van der Waals surface area contributed by atoms with Gasteiger partial charge < -0.3 is 5.32 Å². The van der Waals surface area contributed by atoms with Crippen LogP contribution in [0.5, 0.6) is 0 Å². The van der Waals surface area contributed by atoms with Crippen LogP contribution in [0, 0.1) is 11.8 Å². The molecule has 0 bridgehead atoms. The van der Waals surface area contributed by atoms with Gasteiger partial charge in [0, 0.05) is 12.4 Å². The lowest BCUT2D eigenvalue weighted by atomic mass is 10.0. The molecule has 1 aromatic rings. The van der Waals surface area contributed by atoms with Gasteiger partial charge in [-0.05, 0) is 31.2 Å². The first-order chi connectivity index (χ1) is 9.17. The first-order valence-corrected chi connectivity index (χ1v) is 7.84. The number of hydrogen-bond donors (Lipinski definition) is 1. The largest absolute Gasteiger partial charge is 0.310 e. The van der Waals surface area contributed by atoms with Gasteiger partial charge in [-0.2, -0.15) is 5.10 Å². The number of halogens is 1. The smallest absolute Gasteiger partial charge is 0.140 e. The standard InChI is InChI=1S/C14H27ClN4/c1-4-5-13(6-7-15)8-16-9-14-17-11-18-19(14)10-12(2)3/h11-13,16H,4-10H2,1-3H3. The molecule has 0 aliphatic heterocycles. The summed E-state index contributed by atoms with van der Waals surface area (Å²) in [4.78, 5) is 4.32. The van der Waals surface area contributed by atoms with Crippen molar-refractivity contribution in [3.63, 3.8) is 0 Å². The van der Waals surface area contributed by atoms with Gasteiger partial charge in [-0.15, -0.1) is 11.6 Å². The average molecular weight is 287 g/mol. The summed E-state index contributed by atoms with van der Waals surface area (Å²) in [7, 11) is 0. The molecule has 110 valence electrons. The molecule has 5 heteroatoms. The zero-order chi connectivity index (χ0) is 14.1. The van der Waals surface area contributed by atoms with Crippen LogP contribution in [0.15, 0.2) is 6.33 Å². The van der Waals surface area contributed by atoms with Crippen LogP contribution < -0.4 is 5.32 Å². The lowest BCUT2D eigenvalue weighted by Crippen LogP contribution is -2.25. The molecule has 1 atom stereocenters. The monoisotopic (exact) mass is 286 g/mol. The van der Waals surface area contributed by atoms with Crippen LogP contribution in [0.4, 0.5) is 0 Å². The van der Waals surface area contributed by atoms with Crippen molar-refractivity contribution in [2.75, 3.05) is 12.4 Å². The predicted molar refractivity (Wildman–Crippen MR) is 80.3 cm³/mol. The fourth-order valence-electron chi connectivity index (χ4n) is 2.22. The van der Waals surface area contributed by atoms with E-state index in [1.807, 2.05) is 4.68 Å². The summed E-state index contributed by atoms with van der Waals surface area (Å²) in [5.41, 5.74) is 0. The fourth-order valence-corrected chi connectivity index (χ4v) is 2.53. The van der Waals surface area contributed by atoms with Crippen LogP contribution in [0.3, 0.4) is 0 Å². The van der Waals surface area contributed by atoms with Crippen molar-refractivity contribution >= 4 is 11.6 Å². The zero-order valence-corrected chi connectivity index (χ0v) is 13.2. The molecular formula is C14H27ClN4. The summed E-state index contributed by atoms with van der Waals surface area (Å²) in [6, 6.07) is 0. The van der Waals surface area contributed by atoms with Crippen molar-refractivity contribution in [1.82, 2.24) is 20.1 Å². The Labute approximate surface area is 121 Å². The number of alkyl halides is 1. The maximum Gasteiger partial charge on any atom is 0.140 e. The van der Waals surface area contributed by atoms with Crippen molar-refractivity contribution in [3.05, 3.63) is 12.2 Å². The molecular weight excluding hydrogens is 260 g/mol. The van der Waals surface area contributed by atoms with Crippen molar-refractivity contribution in [2.24, 2.45) is 11.8 Å². The third-order valence-corrected chi connectivity index (χ3v) is 3.38. The highest BCUT2D eigenvalue weighted by Gasteiger charge is 2.09. The van der Waals surface area contributed by atoms with Gasteiger partial charge >= 0.3 is 0 Å². The van der Waals surface area contributed by atoms with Gasteiger partial charge in [-0.3, -0.25) is 0 Å². The van der Waals surface area contributed by atoms with E-state index in [9.17, 15) is 0 Å². The SMILES string of the molecule is CCCC(CCCl)CNCc1ncnn1CC(C)C. The molecule has 4 nitrogen and oxygen atoms in total. The van der Waals surface area contributed by atoms with E-state index < -0.39 is 0 Å². The highest BCUT2D eigenvalue weighted by atomic mass is 35.5. The van der Waals surface area contributed by atoms with Gasteiger partial charge in [0.2, 0.25) is 0 Å². The van der Waals surface area contributed by atoms with E-state index in [0.29, 0.717) is 11.8 Å². The van der Waals surface area contributed by atoms with Crippen LogP contribution in [0.25, 0.3) is 0 Å². The van der Waals surface area contributed by atoms with E-state index in [4.69, 9.17) is 11.6 Å². The third-order valence-electron chi connectivity index (χ3n) is 3.16. The quantitative estimate of drug-likeness (QED) is 0.672. The Morgan fingerprint density at radius 3 is 2.79 bits per heavy atom. The van der Waals surface area contributed by atoms with Crippen LogP contribution in [0.2, 0.25) is 0 Å². The maximum atomic E-state index is 5.84. The van der Waals surface area contributed by atoms with Crippen LogP contribution >= 0.6 is 11.6 Å². The lowest BCUT2D eigenvalue weighted by Gasteiger charge is -2.15. The maximum absolute atomic E-state index is 5.84. The van der Waals surface area contributed by atoms with E-state index in [1.54, 1.807) is 6.33 Å². The summed E-state index contributed by atoms with van der Waals surface area (Å²) in [6.07, 6.45) is 5.17. The highest BCUT2D eigenvalue weighted by molar-refractivity contribution is 6.17. The Kier molecular flexibility index (Phi) is 8.07. The number of nitrogens with zero attached hydrogens (tertiary/aromatic N) is 3. The van der Waals surface area contributed by atoms with E-state index in [-0.39, 0.29) is 0 Å². The number of hydrogen-bond acceptors (Lipinski definition) is 3. The second-order valence-electron chi connectivity index (χ2n) is 5.52. The first-order valence-electron chi connectivity index (χ1n) is 7.30. The molecule has 1 aromatic heterocycles. The molecule has 0 saturated carbocycles. The molecule has 1 rings (SSSR count). The molecule has 0 aromatic carbocycles. The normalized spacial score (nSPS) is 13.1. The van der Waals surface area contributed by atoms with Crippen molar-refractivity contribution in [1.29, 1.82) is 0 Å². The fraction of sp³-hybridized carbons (Fsp3) is 0.857. The Bertz CT molecular complexity index is 332. The summed E-state index contributed by atoms with van der Waals surface area (Å²) in [5.74, 6) is 3.03. The van der Waals surface area contributed by atoms with Gasteiger partial charge in [-0.25, -0.2) is 9.67 Å². The first kappa shape index (κ1) is 16.4. The van der Waals surface area contributed by atoms with Crippen molar-refractivity contribution < 1.29 is 0 Å². The van der Waals surface area contributed by atoms with Crippen molar-refractivity contribution in [3.8, 4) is 0 Å². The molecule has 1 N–H and O–H groups in total. The summed E-state index contributed by atoms with van der Waals surface area (Å²) in [5, 5.41) is 7.76. The Hall–Kier alpha value is -0.610. The zero-order valence-electron chi connectivity index (χ0n) is 12.4. The molecule has 1 heterocycles. The molecule has 19 heavy (non-hydrogen) atoms. The summed E-state index contributed by atoms with van der Waals surface area (Å²) < 4.78 is 1.99. The van der Waals surface area contributed by atoms with Gasteiger partial charge in [0.1, 0.15) is 12.2 Å². The molecule has 0 saturated heterocycles.